The summed E-state index contributed by atoms with van der Waals surface area (Å²) in [5.74, 6) is 0. The van der Waals surface area contributed by atoms with Crippen molar-refractivity contribution in [1.82, 2.24) is 9.80 Å². The van der Waals surface area contributed by atoms with Gasteiger partial charge in [-0.25, -0.2) is 4.79 Å². The van der Waals surface area contributed by atoms with E-state index in [0.717, 1.165) is 32.5 Å². The molecule has 0 N–H and O–H groups in total. The van der Waals surface area contributed by atoms with Crippen LogP contribution < -0.4 is 0 Å². The smallest absolute Gasteiger partial charge is 0.410 e. The van der Waals surface area contributed by atoms with E-state index in [2.05, 4.69) is 49.1 Å². The number of ether oxygens (including phenoxy) is 1. The fourth-order valence-electron chi connectivity index (χ4n) is 3.30. The van der Waals surface area contributed by atoms with Gasteiger partial charge >= 0.3 is 6.09 Å². The van der Waals surface area contributed by atoms with E-state index in [9.17, 15) is 4.79 Å². The summed E-state index contributed by atoms with van der Waals surface area (Å²) in [4.78, 5) is 17.1. The van der Waals surface area contributed by atoms with Crippen LogP contribution in [0.15, 0.2) is 30.3 Å². The Morgan fingerprint density at radius 2 is 1.71 bits per heavy atom. The first kappa shape index (κ1) is 18.8. The summed E-state index contributed by atoms with van der Waals surface area (Å²) >= 11 is 0. The van der Waals surface area contributed by atoms with Crippen molar-refractivity contribution in [3.63, 3.8) is 0 Å². The lowest BCUT2D eigenvalue weighted by molar-refractivity contribution is -0.0192. The van der Waals surface area contributed by atoms with Crippen LogP contribution in [0.3, 0.4) is 0 Å². The molecule has 2 atom stereocenters. The third-order valence-corrected chi connectivity index (χ3v) is 4.61. The van der Waals surface area contributed by atoms with Crippen molar-refractivity contribution in [2.45, 2.75) is 71.7 Å². The second kappa shape index (κ2) is 8.02. The van der Waals surface area contributed by atoms with Crippen molar-refractivity contribution in [2.75, 3.05) is 13.1 Å². The van der Waals surface area contributed by atoms with Gasteiger partial charge in [-0.2, -0.15) is 0 Å². The molecule has 1 aromatic carbocycles. The Kier molecular flexibility index (Phi) is 6.27. The normalized spacial score (nSPS) is 22.5. The summed E-state index contributed by atoms with van der Waals surface area (Å²) in [6.07, 6.45) is 1.80. The van der Waals surface area contributed by atoms with Gasteiger partial charge in [-0.05, 0) is 39.2 Å². The number of amides is 1. The summed E-state index contributed by atoms with van der Waals surface area (Å²) in [6.45, 7) is 12.7. The van der Waals surface area contributed by atoms with Crippen LogP contribution >= 0.6 is 0 Å². The second-order valence-corrected chi connectivity index (χ2v) is 7.67. The van der Waals surface area contributed by atoms with Crippen molar-refractivity contribution < 1.29 is 9.53 Å². The number of carbonyl (C=O) groups excluding carboxylic acids is 1. The van der Waals surface area contributed by atoms with Crippen molar-refractivity contribution in [2.24, 2.45) is 0 Å². The Balaban J connectivity index is 2.09. The molecule has 1 aromatic rings. The van der Waals surface area contributed by atoms with Gasteiger partial charge in [0, 0.05) is 31.7 Å². The summed E-state index contributed by atoms with van der Waals surface area (Å²) in [6, 6.07) is 11.2. The molecule has 1 unspecified atom stereocenters. The molecule has 4 heteroatoms. The van der Waals surface area contributed by atoms with E-state index in [1.54, 1.807) is 0 Å². The quantitative estimate of drug-likeness (QED) is 0.824. The molecule has 1 saturated heterocycles. The molecule has 2 rings (SSSR count). The van der Waals surface area contributed by atoms with Crippen LogP contribution in [0.25, 0.3) is 0 Å². The van der Waals surface area contributed by atoms with Crippen molar-refractivity contribution in [3.8, 4) is 0 Å². The highest BCUT2D eigenvalue weighted by atomic mass is 16.6. The lowest BCUT2D eigenvalue weighted by Crippen LogP contribution is -2.59. The number of benzene rings is 1. The predicted octanol–water partition coefficient (Wildman–Crippen LogP) is 4.30. The molecule has 0 aliphatic carbocycles. The maximum absolute atomic E-state index is 12.6. The van der Waals surface area contributed by atoms with Crippen LogP contribution in [0.2, 0.25) is 0 Å². The van der Waals surface area contributed by atoms with E-state index in [1.165, 1.54) is 5.56 Å². The molecule has 134 valence electrons. The SMILES string of the molecule is CCC1CN(C(=O)OC(C)(C)C)[C@@H](CC)CN1Cc1ccccc1. The van der Waals surface area contributed by atoms with Crippen LogP contribution in [-0.2, 0) is 11.3 Å². The number of carbonyl (C=O) groups is 1. The van der Waals surface area contributed by atoms with Gasteiger partial charge in [0.2, 0.25) is 0 Å². The van der Waals surface area contributed by atoms with Gasteiger partial charge in [-0.3, -0.25) is 4.90 Å². The van der Waals surface area contributed by atoms with Crippen molar-refractivity contribution in [3.05, 3.63) is 35.9 Å². The molecular weight excluding hydrogens is 300 g/mol. The third-order valence-electron chi connectivity index (χ3n) is 4.61. The predicted molar refractivity (Wildman–Crippen MR) is 98.0 cm³/mol. The number of hydrogen-bond donors (Lipinski definition) is 0. The van der Waals surface area contributed by atoms with Gasteiger partial charge in [-0.1, -0.05) is 44.2 Å². The maximum Gasteiger partial charge on any atom is 0.410 e. The largest absolute Gasteiger partial charge is 0.444 e. The van der Waals surface area contributed by atoms with Crippen LogP contribution in [0.5, 0.6) is 0 Å². The molecule has 1 amide bonds. The molecule has 24 heavy (non-hydrogen) atoms. The van der Waals surface area contributed by atoms with E-state index in [-0.39, 0.29) is 12.1 Å². The van der Waals surface area contributed by atoms with Gasteiger partial charge in [0.25, 0.3) is 0 Å². The van der Waals surface area contributed by atoms with E-state index in [0.29, 0.717) is 6.04 Å². The monoisotopic (exact) mass is 332 g/mol. The molecule has 1 aliphatic heterocycles. The minimum Gasteiger partial charge on any atom is -0.444 e. The fraction of sp³-hybridized carbons (Fsp3) is 0.650. The van der Waals surface area contributed by atoms with Gasteiger partial charge < -0.3 is 9.64 Å². The highest BCUT2D eigenvalue weighted by Crippen LogP contribution is 2.24. The second-order valence-electron chi connectivity index (χ2n) is 7.67. The number of piperazine rings is 1. The van der Waals surface area contributed by atoms with Crippen molar-refractivity contribution in [1.29, 1.82) is 0 Å². The molecule has 0 saturated carbocycles. The number of rotatable bonds is 4. The van der Waals surface area contributed by atoms with Gasteiger partial charge in [0.15, 0.2) is 0 Å². The zero-order valence-electron chi connectivity index (χ0n) is 15.8. The molecule has 0 spiro atoms. The first-order valence-electron chi connectivity index (χ1n) is 9.11. The van der Waals surface area contributed by atoms with E-state index >= 15 is 0 Å². The Hall–Kier alpha value is -1.55. The topological polar surface area (TPSA) is 32.8 Å². The lowest BCUT2D eigenvalue weighted by atomic mass is 10.0. The summed E-state index contributed by atoms with van der Waals surface area (Å²) in [7, 11) is 0. The number of nitrogens with zero attached hydrogens (tertiary/aromatic N) is 2. The molecule has 0 aromatic heterocycles. The highest BCUT2D eigenvalue weighted by molar-refractivity contribution is 5.68. The molecule has 4 nitrogen and oxygen atoms in total. The highest BCUT2D eigenvalue weighted by Gasteiger charge is 2.36. The fourth-order valence-corrected chi connectivity index (χ4v) is 3.30. The first-order chi connectivity index (χ1) is 11.3. The Morgan fingerprint density at radius 3 is 2.25 bits per heavy atom. The Morgan fingerprint density at radius 1 is 1.08 bits per heavy atom. The van der Waals surface area contributed by atoms with Crippen LogP contribution in [0, 0.1) is 0 Å². The molecular formula is C20H32N2O2. The molecule has 0 radical (unpaired) electrons. The Bertz CT molecular complexity index is 524. The molecule has 1 fully saturated rings. The van der Waals surface area contributed by atoms with Crippen LogP contribution in [0.1, 0.15) is 53.0 Å². The van der Waals surface area contributed by atoms with Crippen molar-refractivity contribution >= 4 is 6.09 Å². The van der Waals surface area contributed by atoms with Gasteiger partial charge in [0.05, 0.1) is 0 Å². The average molecular weight is 332 g/mol. The third kappa shape index (κ3) is 4.97. The molecule has 1 heterocycles. The molecule has 1 aliphatic rings. The lowest BCUT2D eigenvalue weighted by Gasteiger charge is -2.46. The van der Waals surface area contributed by atoms with E-state index in [1.807, 2.05) is 25.7 Å². The summed E-state index contributed by atoms with van der Waals surface area (Å²) < 4.78 is 5.62. The van der Waals surface area contributed by atoms with E-state index < -0.39 is 5.60 Å². The van der Waals surface area contributed by atoms with Crippen LogP contribution in [0.4, 0.5) is 4.79 Å². The first-order valence-corrected chi connectivity index (χ1v) is 9.11. The number of hydrogen-bond acceptors (Lipinski definition) is 3. The standard InChI is InChI=1S/C20H32N2O2/c1-6-17-15-22(19(23)24-20(3,4)5)18(7-2)14-21(17)13-16-11-9-8-10-12-16/h8-12,17-18H,6-7,13-15H2,1-5H3/t17?,18-/m0/s1. The average Bonchev–Trinajstić information content (AvgIpc) is 2.53. The Labute approximate surface area is 146 Å². The van der Waals surface area contributed by atoms with E-state index in [4.69, 9.17) is 4.74 Å². The van der Waals surface area contributed by atoms with Crippen LogP contribution in [-0.4, -0.2) is 46.7 Å². The minimum atomic E-state index is -0.446. The molecule has 0 bridgehead atoms. The zero-order chi connectivity index (χ0) is 17.7. The maximum atomic E-state index is 12.6. The minimum absolute atomic E-state index is 0.174. The summed E-state index contributed by atoms with van der Waals surface area (Å²) in [5.41, 5.74) is 0.884. The van der Waals surface area contributed by atoms with Gasteiger partial charge in [0.1, 0.15) is 5.60 Å². The zero-order valence-corrected chi connectivity index (χ0v) is 15.8. The van der Waals surface area contributed by atoms with Gasteiger partial charge in [-0.15, -0.1) is 0 Å². The summed E-state index contributed by atoms with van der Waals surface area (Å²) in [5, 5.41) is 0.